The summed E-state index contributed by atoms with van der Waals surface area (Å²) < 4.78 is 5.04. The van der Waals surface area contributed by atoms with Crippen molar-refractivity contribution in [3.8, 4) is 5.75 Å². The van der Waals surface area contributed by atoms with Gasteiger partial charge in [0.1, 0.15) is 5.75 Å². The van der Waals surface area contributed by atoms with Crippen LogP contribution in [0.4, 0.5) is 5.69 Å². The summed E-state index contributed by atoms with van der Waals surface area (Å²) in [6.07, 6.45) is 0. The lowest BCUT2D eigenvalue weighted by atomic mass is 10.1. The third-order valence-electron chi connectivity index (χ3n) is 2.85. The summed E-state index contributed by atoms with van der Waals surface area (Å²) in [6, 6.07) is 4.66. The second-order valence-electron chi connectivity index (χ2n) is 4.24. The Balaban J connectivity index is 2.94. The van der Waals surface area contributed by atoms with Gasteiger partial charge in [0.15, 0.2) is 0 Å². The number of nitro benzene ring substituents is 1. The third kappa shape index (κ3) is 3.68. The molecule has 0 aliphatic heterocycles. The van der Waals surface area contributed by atoms with Crippen LogP contribution in [0.1, 0.15) is 12.5 Å². The summed E-state index contributed by atoms with van der Waals surface area (Å²) in [5.74, 6) is 0.462. The fourth-order valence-electron chi connectivity index (χ4n) is 1.54. The second kappa shape index (κ2) is 6.32. The highest BCUT2D eigenvalue weighted by Gasteiger charge is 2.13. The van der Waals surface area contributed by atoms with E-state index in [1.54, 1.807) is 6.07 Å². The first-order valence-corrected chi connectivity index (χ1v) is 5.61. The number of aliphatic hydroxyl groups excluding tert-OH is 1. The summed E-state index contributed by atoms with van der Waals surface area (Å²) in [6.45, 7) is 2.44. The van der Waals surface area contributed by atoms with Gasteiger partial charge in [-0.2, -0.15) is 0 Å². The second-order valence-corrected chi connectivity index (χ2v) is 4.24. The molecule has 0 radical (unpaired) electrons. The van der Waals surface area contributed by atoms with Crippen molar-refractivity contribution in [1.29, 1.82) is 0 Å². The molecule has 1 N–H and O–H groups in total. The summed E-state index contributed by atoms with van der Waals surface area (Å²) >= 11 is 0. The predicted octanol–water partition coefficient (Wildman–Crippen LogP) is 1.42. The zero-order valence-corrected chi connectivity index (χ0v) is 10.8. The highest BCUT2D eigenvalue weighted by Crippen LogP contribution is 2.23. The number of aliphatic hydroxyl groups is 1. The maximum atomic E-state index is 10.8. The molecule has 0 aliphatic carbocycles. The van der Waals surface area contributed by atoms with Crippen LogP contribution in [-0.2, 0) is 6.54 Å². The lowest BCUT2D eigenvalue weighted by molar-refractivity contribution is -0.385. The van der Waals surface area contributed by atoms with Crippen molar-refractivity contribution < 1.29 is 14.8 Å². The Kier molecular flexibility index (Phi) is 5.06. The van der Waals surface area contributed by atoms with Crippen molar-refractivity contribution in [1.82, 2.24) is 4.90 Å². The molecule has 6 heteroatoms. The highest BCUT2D eigenvalue weighted by molar-refractivity contribution is 5.42. The average Bonchev–Trinajstić information content (AvgIpc) is 2.36. The Morgan fingerprint density at radius 3 is 2.67 bits per heavy atom. The number of ether oxygens (including phenoxy) is 1. The Bertz CT molecular complexity index is 423. The first kappa shape index (κ1) is 14.4. The van der Waals surface area contributed by atoms with E-state index in [0.29, 0.717) is 12.3 Å². The SMILES string of the molecule is COc1cc(CN(C)C(C)CO)cc([N+](=O)[O-])c1. The van der Waals surface area contributed by atoms with Gasteiger partial charge in [-0.25, -0.2) is 0 Å². The van der Waals surface area contributed by atoms with Gasteiger partial charge in [-0.05, 0) is 25.6 Å². The van der Waals surface area contributed by atoms with Gasteiger partial charge in [-0.15, -0.1) is 0 Å². The van der Waals surface area contributed by atoms with Crippen molar-refractivity contribution in [3.05, 3.63) is 33.9 Å². The molecule has 1 rings (SSSR count). The highest BCUT2D eigenvalue weighted by atomic mass is 16.6. The van der Waals surface area contributed by atoms with E-state index < -0.39 is 4.92 Å². The first-order chi connectivity index (χ1) is 8.47. The molecule has 0 saturated heterocycles. The average molecular weight is 254 g/mol. The Morgan fingerprint density at radius 2 is 2.17 bits per heavy atom. The van der Waals surface area contributed by atoms with Gasteiger partial charge in [0.2, 0.25) is 0 Å². The zero-order chi connectivity index (χ0) is 13.7. The van der Waals surface area contributed by atoms with Crippen molar-refractivity contribution in [2.75, 3.05) is 20.8 Å². The smallest absolute Gasteiger partial charge is 0.273 e. The van der Waals surface area contributed by atoms with Crippen LogP contribution in [0.25, 0.3) is 0 Å². The molecule has 1 unspecified atom stereocenters. The molecular weight excluding hydrogens is 236 g/mol. The van der Waals surface area contributed by atoms with Crippen molar-refractivity contribution >= 4 is 5.69 Å². The van der Waals surface area contributed by atoms with Crippen molar-refractivity contribution in [2.24, 2.45) is 0 Å². The maximum Gasteiger partial charge on any atom is 0.273 e. The number of methoxy groups -OCH3 is 1. The van der Waals surface area contributed by atoms with Gasteiger partial charge in [0.05, 0.1) is 24.7 Å². The quantitative estimate of drug-likeness (QED) is 0.613. The van der Waals surface area contributed by atoms with Crippen LogP contribution in [0.2, 0.25) is 0 Å². The summed E-state index contributed by atoms with van der Waals surface area (Å²) in [4.78, 5) is 12.3. The molecule has 0 fully saturated rings. The normalized spacial score (nSPS) is 12.5. The molecule has 1 atom stereocenters. The van der Waals surface area contributed by atoms with Gasteiger partial charge in [-0.1, -0.05) is 0 Å². The van der Waals surface area contributed by atoms with E-state index >= 15 is 0 Å². The maximum absolute atomic E-state index is 10.8. The van der Waals surface area contributed by atoms with Crippen LogP contribution in [0.15, 0.2) is 18.2 Å². The van der Waals surface area contributed by atoms with E-state index in [9.17, 15) is 10.1 Å². The summed E-state index contributed by atoms with van der Waals surface area (Å²) in [5.41, 5.74) is 0.790. The summed E-state index contributed by atoms with van der Waals surface area (Å²) in [7, 11) is 3.33. The number of hydrogen-bond donors (Lipinski definition) is 1. The molecule has 18 heavy (non-hydrogen) atoms. The fourth-order valence-corrected chi connectivity index (χ4v) is 1.54. The van der Waals surface area contributed by atoms with E-state index in [0.717, 1.165) is 5.56 Å². The monoisotopic (exact) mass is 254 g/mol. The number of likely N-dealkylation sites (N-methyl/N-ethyl adjacent to an activating group) is 1. The van der Waals surface area contributed by atoms with E-state index in [1.165, 1.54) is 19.2 Å². The Morgan fingerprint density at radius 1 is 1.50 bits per heavy atom. The van der Waals surface area contributed by atoms with Gasteiger partial charge in [-0.3, -0.25) is 15.0 Å². The third-order valence-corrected chi connectivity index (χ3v) is 2.85. The minimum Gasteiger partial charge on any atom is -0.496 e. The molecule has 100 valence electrons. The Labute approximate surface area is 106 Å². The standard InChI is InChI=1S/C12H18N2O4/c1-9(8-15)13(2)7-10-4-11(14(16)17)6-12(5-10)18-3/h4-6,9,15H,7-8H2,1-3H3. The van der Waals surface area contributed by atoms with Gasteiger partial charge in [0.25, 0.3) is 5.69 Å². The van der Waals surface area contributed by atoms with Gasteiger partial charge < -0.3 is 9.84 Å². The van der Waals surface area contributed by atoms with E-state index in [-0.39, 0.29) is 18.3 Å². The molecule has 0 spiro atoms. The molecular formula is C12H18N2O4. The molecule has 0 bridgehead atoms. The van der Waals surface area contributed by atoms with Gasteiger partial charge >= 0.3 is 0 Å². The van der Waals surface area contributed by atoms with Gasteiger partial charge in [0, 0.05) is 18.7 Å². The predicted molar refractivity (Wildman–Crippen MR) is 67.7 cm³/mol. The summed E-state index contributed by atoms with van der Waals surface area (Å²) in [5, 5.41) is 19.8. The number of nitrogens with zero attached hydrogens (tertiary/aromatic N) is 2. The van der Waals surface area contributed by atoms with E-state index in [2.05, 4.69) is 0 Å². The van der Waals surface area contributed by atoms with E-state index in [1.807, 2.05) is 18.9 Å². The molecule has 6 nitrogen and oxygen atoms in total. The molecule has 0 aliphatic rings. The largest absolute Gasteiger partial charge is 0.496 e. The number of nitro groups is 1. The minimum absolute atomic E-state index is 0.00439. The zero-order valence-electron chi connectivity index (χ0n) is 10.8. The van der Waals surface area contributed by atoms with Crippen LogP contribution in [0, 0.1) is 10.1 Å². The van der Waals surface area contributed by atoms with Crippen LogP contribution < -0.4 is 4.74 Å². The van der Waals surface area contributed by atoms with Crippen LogP contribution >= 0.6 is 0 Å². The molecule has 1 aromatic rings. The van der Waals surface area contributed by atoms with E-state index in [4.69, 9.17) is 9.84 Å². The topological polar surface area (TPSA) is 75.8 Å². The molecule has 1 aromatic carbocycles. The lowest BCUT2D eigenvalue weighted by Gasteiger charge is -2.22. The van der Waals surface area contributed by atoms with Crippen molar-refractivity contribution in [2.45, 2.75) is 19.5 Å². The van der Waals surface area contributed by atoms with Crippen LogP contribution in [-0.4, -0.2) is 41.7 Å². The number of hydrogen-bond acceptors (Lipinski definition) is 5. The number of rotatable bonds is 6. The molecule has 0 heterocycles. The fraction of sp³-hybridized carbons (Fsp3) is 0.500. The molecule has 0 aromatic heterocycles. The van der Waals surface area contributed by atoms with Crippen molar-refractivity contribution in [3.63, 3.8) is 0 Å². The minimum atomic E-state index is -0.443. The Hall–Kier alpha value is -1.66. The lowest BCUT2D eigenvalue weighted by Crippen LogP contribution is -2.31. The van der Waals surface area contributed by atoms with Crippen LogP contribution in [0.3, 0.4) is 0 Å². The number of benzene rings is 1. The number of non-ortho nitro benzene ring substituents is 1. The first-order valence-electron chi connectivity index (χ1n) is 5.61. The molecule has 0 saturated carbocycles. The molecule has 0 amide bonds. The van der Waals surface area contributed by atoms with Crippen LogP contribution in [0.5, 0.6) is 5.75 Å².